The van der Waals surface area contributed by atoms with Crippen LogP contribution in [0.5, 0.6) is 0 Å². The Hall–Kier alpha value is -1.29. The smallest absolute Gasteiger partial charge is 0.162 e. The second-order valence-electron chi connectivity index (χ2n) is 4.47. The number of likely N-dealkylation sites (N-methyl/N-ethyl adjacent to an activating group) is 1. The van der Waals surface area contributed by atoms with Gasteiger partial charge in [0.25, 0.3) is 0 Å². The highest BCUT2D eigenvalue weighted by Crippen LogP contribution is 2.15. The van der Waals surface area contributed by atoms with E-state index in [1.54, 1.807) is 13.8 Å². The second-order valence-corrected chi connectivity index (χ2v) is 4.47. The van der Waals surface area contributed by atoms with Crippen molar-refractivity contribution in [2.75, 3.05) is 6.54 Å². The van der Waals surface area contributed by atoms with E-state index in [2.05, 4.69) is 5.32 Å². The highest BCUT2D eigenvalue weighted by Gasteiger charge is 2.26. The van der Waals surface area contributed by atoms with E-state index in [9.17, 15) is 13.6 Å². The molecule has 4 heteroatoms. The molecule has 0 radical (unpaired) electrons. The molecule has 0 saturated heterocycles. The number of Topliss-reactive ketones (excluding diaryl/α,β-unsaturated/α-hetero) is 1. The molecule has 0 amide bonds. The molecule has 0 aliphatic rings. The second kappa shape index (κ2) is 5.36. The zero-order valence-corrected chi connectivity index (χ0v) is 10.3. The summed E-state index contributed by atoms with van der Waals surface area (Å²) in [7, 11) is 0. The van der Waals surface area contributed by atoms with E-state index in [-0.39, 0.29) is 17.8 Å². The summed E-state index contributed by atoms with van der Waals surface area (Å²) in [5, 5.41) is 3.01. The van der Waals surface area contributed by atoms with Crippen molar-refractivity contribution >= 4 is 5.78 Å². The summed E-state index contributed by atoms with van der Waals surface area (Å²) in [6, 6.07) is 3.87. The Labute approximate surface area is 100 Å². The molecular formula is C13H17F2NO. The number of halogens is 2. The van der Waals surface area contributed by atoms with Crippen molar-refractivity contribution in [3.8, 4) is 0 Å². The molecule has 1 aromatic carbocycles. The lowest BCUT2D eigenvalue weighted by atomic mass is 9.93. The van der Waals surface area contributed by atoms with Gasteiger partial charge in [0.15, 0.2) is 17.4 Å². The number of ketones is 1. The molecule has 94 valence electrons. The lowest BCUT2D eigenvalue weighted by Gasteiger charge is -2.24. The Bertz CT molecular complexity index is 416. The van der Waals surface area contributed by atoms with Gasteiger partial charge in [0.1, 0.15) is 0 Å². The van der Waals surface area contributed by atoms with Crippen LogP contribution in [-0.2, 0) is 11.2 Å². The fraction of sp³-hybridized carbons (Fsp3) is 0.462. The van der Waals surface area contributed by atoms with Crippen molar-refractivity contribution in [2.24, 2.45) is 0 Å². The van der Waals surface area contributed by atoms with Crippen molar-refractivity contribution < 1.29 is 13.6 Å². The number of benzene rings is 1. The van der Waals surface area contributed by atoms with E-state index in [4.69, 9.17) is 0 Å². The summed E-state index contributed by atoms with van der Waals surface area (Å²) in [6.45, 7) is 5.99. The van der Waals surface area contributed by atoms with Crippen molar-refractivity contribution in [1.82, 2.24) is 5.32 Å². The van der Waals surface area contributed by atoms with Crippen LogP contribution in [0.4, 0.5) is 8.78 Å². The highest BCUT2D eigenvalue weighted by atomic mass is 19.2. The number of hydrogen-bond donors (Lipinski definition) is 1. The van der Waals surface area contributed by atoms with Gasteiger partial charge < -0.3 is 5.32 Å². The fourth-order valence-electron chi connectivity index (χ4n) is 1.62. The maximum atomic E-state index is 13.4. The van der Waals surface area contributed by atoms with Gasteiger partial charge in [-0.25, -0.2) is 8.78 Å². The van der Waals surface area contributed by atoms with E-state index in [1.165, 1.54) is 12.1 Å². The average Bonchev–Trinajstić information content (AvgIpc) is 2.24. The van der Waals surface area contributed by atoms with Gasteiger partial charge in [-0.15, -0.1) is 0 Å². The zero-order chi connectivity index (χ0) is 13.1. The minimum atomic E-state index is -0.937. The van der Waals surface area contributed by atoms with E-state index in [0.29, 0.717) is 6.54 Å². The Balaban J connectivity index is 2.85. The molecule has 0 aliphatic heterocycles. The number of rotatable bonds is 5. The minimum absolute atomic E-state index is 0.0981. The summed E-state index contributed by atoms with van der Waals surface area (Å²) < 4.78 is 26.4. The lowest BCUT2D eigenvalue weighted by molar-refractivity contribution is -0.123. The van der Waals surface area contributed by atoms with Crippen molar-refractivity contribution in [1.29, 1.82) is 0 Å². The van der Waals surface area contributed by atoms with E-state index >= 15 is 0 Å². The first-order valence-corrected chi connectivity index (χ1v) is 5.59. The van der Waals surface area contributed by atoms with E-state index < -0.39 is 17.2 Å². The van der Waals surface area contributed by atoms with Crippen LogP contribution in [0.25, 0.3) is 0 Å². The number of carbonyl (C=O) groups is 1. The van der Waals surface area contributed by atoms with Crippen LogP contribution in [0.1, 0.15) is 26.3 Å². The van der Waals surface area contributed by atoms with Crippen molar-refractivity contribution in [3.63, 3.8) is 0 Å². The van der Waals surface area contributed by atoms with Crippen LogP contribution in [0.3, 0.4) is 0 Å². The highest BCUT2D eigenvalue weighted by molar-refractivity contribution is 5.89. The first-order valence-electron chi connectivity index (χ1n) is 5.59. The van der Waals surface area contributed by atoms with Crippen molar-refractivity contribution in [3.05, 3.63) is 35.4 Å². The molecule has 2 nitrogen and oxygen atoms in total. The molecule has 1 aromatic rings. The molecule has 0 saturated carbocycles. The Morgan fingerprint density at radius 1 is 1.35 bits per heavy atom. The van der Waals surface area contributed by atoms with Crippen LogP contribution in [-0.4, -0.2) is 17.9 Å². The molecule has 1 N–H and O–H groups in total. The average molecular weight is 241 g/mol. The molecule has 0 bridgehead atoms. The minimum Gasteiger partial charge on any atom is -0.306 e. The molecule has 0 aromatic heterocycles. The number of nitrogens with one attached hydrogen (secondary N) is 1. The van der Waals surface area contributed by atoms with Gasteiger partial charge >= 0.3 is 0 Å². The van der Waals surface area contributed by atoms with Gasteiger partial charge in [-0.3, -0.25) is 4.79 Å². The predicted molar refractivity (Wildman–Crippen MR) is 62.8 cm³/mol. The summed E-state index contributed by atoms with van der Waals surface area (Å²) in [5.41, 5.74) is -0.631. The maximum Gasteiger partial charge on any atom is 0.162 e. The van der Waals surface area contributed by atoms with Crippen LogP contribution in [0.15, 0.2) is 18.2 Å². The Morgan fingerprint density at radius 2 is 2.00 bits per heavy atom. The summed E-state index contributed by atoms with van der Waals surface area (Å²) >= 11 is 0. The molecular weight excluding hydrogens is 224 g/mol. The first-order chi connectivity index (χ1) is 7.88. The third kappa shape index (κ3) is 3.33. The molecule has 0 unspecified atom stereocenters. The Kier molecular flexibility index (Phi) is 4.34. The van der Waals surface area contributed by atoms with Gasteiger partial charge in [0, 0.05) is 6.42 Å². The van der Waals surface area contributed by atoms with Gasteiger partial charge in [-0.2, -0.15) is 0 Å². The van der Waals surface area contributed by atoms with E-state index in [0.717, 1.165) is 6.07 Å². The molecule has 1 rings (SSSR count). The van der Waals surface area contributed by atoms with Crippen LogP contribution in [0, 0.1) is 11.6 Å². The largest absolute Gasteiger partial charge is 0.306 e. The predicted octanol–water partition coefficient (Wildman–Crippen LogP) is 2.46. The first kappa shape index (κ1) is 13.8. The SMILES string of the molecule is CCNC(C)(C)C(=O)Cc1cccc(F)c1F. The normalized spacial score (nSPS) is 11.6. The third-order valence-electron chi connectivity index (χ3n) is 2.70. The molecule has 0 fully saturated rings. The molecule has 0 heterocycles. The fourth-order valence-corrected chi connectivity index (χ4v) is 1.62. The molecule has 0 spiro atoms. The van der Waals surface area contributed by atoms with Gasteiger partial charge in [-0.05, 0) is 32.0 Å². The standard InChI is InChI=1S/C13H17F2NO/c1-4-16-13(2,3)11(17)8-9-6-5-7-10(14)12(9)15/h5-7,16H,4,8H2,1-3H3. The zero-order valence-electron chi connectivity index (χ0n) is 10.3. The summed E-state index contributed by atoms with van der Waals surface area (Å²) in [4.78, 5) is 11.9. The monoisotopic (exact) mass is 241 g/mol. The lowest BCUT2D eigenvalue weighted by Crippen LogP contribution is -2.47. The van der Waals surface area contributed by atoms with Gasteiger partial charge in [0.05, 0.1) is 5.54 Å². The quantitative estimate of drug-likeness (QED) is 0.858. The summed E-state index contributed by atoms with van der Waals surface area (Å²) in [5.74, 6) is -2.02. The molecule has 0 aliphatic carbocycles. The van der Waals surface area contributed by atoms with Crippen LogP contribution < -0.4 is 5.32 Å². The molecule has 0 atom stereocenters. The number of hydrogen-bond acceptors (Lipinski definition) is 2. The summed E-state index contributed by atoms with van der Waals surface area (Å²) in [6.07, 6.45) is -0.108. The molecule has 17 heavy (non-hydrogen) atoms. The van der Waals surface area contributed by atoms with Crippen LogP contribution >= 0.6 is 0 Å². The van der Waals surface area contributed by atoms with Gasteiger partial charge in [-0.1, -0.05) is 19.1 Å². The third-order valence-corrected chi connectivity index (χ3v) is 2.70. The van der Waals surface area contributed by atoms with Crippen LogP contribution in [0.2, 0.25) is 0 Å². The van der Waals surface area contributed by atoms with Crippen molar-refractivity contribution in [2.45, 2.75) is 32.7 Å². The number of carbonyl (C=O) groups excluding carboxylic acids is 1. The van der Waals surface area contributed by atoms with Gasteiger partial charge in [0.2, 0.25) is 0 Å². The van der Waals surface area contributed by atoms with E-state index in [1.807, 2.05) is 6.92 Å². The Morgan fingerprint density at radius 3 is 2.59 bits per heavy atom. The maximum absolute atomic E-state index is 13.4. The topological polar surface area (TPSA) is 29.1 Å².